The van der Waals surface area contributed by atoms with Gasteiger partial charge in [-0.25, -0.2) is 4.98 Å². The minimum Gasteiger partial charge on any atom is -0.354 e. The molecular weight excluding hydrogens is 292 g/mol. The number of nitrogens with zero attached hydrogens (tertiary/aromatic N) is 4. The third kappa shape index (κ3) is 2.73. The summed E-state index contributed by atoms with van der Waals surface area (Å²) in [5.41, 5.74) is 2.44. The van der Waals surface area contributed by atoms with Crippen molar-refractivity contribution in [2.45, 2.75) is 6.42 Å². The molecule has 0 saturated carbocycles. The van der Waals surface area contributed by atoms with E-state index < -0.39 is 0 Å². The fourth-order valence-corrected chi connectivity index (χ4v) is 2.85. The summed E-state index contributed by atoms with van der Waals surface area (Å²) in [5, 5.41) is 9.38. The van der Waals surface area contributed by atoms with Crippen LogP contribution < -0.4 is 10.2 Å². The van der Waals surface area contributed by atoms with E-state index in [0.29, 0.717) is 12.2 Å². The van der Waals surface area contributed by atoms with Gasteiger partial charge in [0.15, 0.2) is 0 Å². The van der Waals surface area contributed by atoms with Crippen molar-refractivity contribution in [1.29, 1.82) is 0 Å². The monoisotopic (exact) mass is 308 g/mol. The van der Waals surface area contributed by atoms with Gasteiger partial charge in [0.2, 0.25) is 5.91 Å². The summed E-state index contributed by atoms with van der Waals surface area (Å²) in [4.78, 5) is 23.5. The van der Waals surface area contributed by atoms with Crippen LogP contribution in [0.15, 0.2) is 42.9 Å². The number of aromatic amines is 1. The van der Waals surface area contributed by atoms with E-state index in [1.807, 2.05) is 24.3 Å². The van der Waals surface area contributed by atoms with E-state index in [-0.39, 0.29) is 11.8 Å². The minimum absolute atomic E-state index is 0.0163. The van der Waals surface area contributed by atoms with Crippen LogP contribution in [0.1, 0.15) is 6.42 Å². The summed E-state index contributed by atoms with van der Waals surface area (Å²) < 4.78 is 0. The zero-order chi connectivity index (χ0) is 15.6. The average Bonchev–Trinajstić information content (AvgIpc) is 3.26. The maximum Gasteiger partial charge on any atom is 0.229 e. The van der Waals surface area contributed by atoms with E-state index in [2.05, 4.69) is 30.4 Å². The van der Waals surface area contributed by atoms with Crippen molar-refractivity contribution in [2.24, 2.45) is 5.92 Å². The second kappa shape index (κ2) is 5.68. The maximum absolute atomic E-state index is 12.3. The molecule has 4 rings (SSSR count). The van der Waals surface area contributed by atoms with Crippen LogP contribution in [0.3, 0.4) is 0 Å². The molecule has 0 spiro atoms. The van der Waals surface area contributed by atoms with Gasteiger partial charge < -0.3 is 10.2 Å². The van der Waals surface area contributed by atoms with E-state index in [1.54, 1.807) is 18.6 Å². The predicted molar refractivity (Wildman–Crippen MR) is 87.1 cm³/mol. The standard InChI is InChI=1S/C16H16N6O/c23-16(20-12-7-18-19-8-12)11-5-6-22(10-11)15-9-17-13-3-1-2-4-14(13)21-15/h1-4,7-9,11H,5-6,10H2,(H,18,19)(H,20,23)/t11-/m0/s1. The van der Waals surface area contributed by atoms with E-state index in [0.717, 1.165) is 29.8 Å². The molecule has 23 heavy (non-hydrogen) atoms. The lowest BCUT2D eigenvalue weighted by atomic mass is 10.1. The number of anilines is 2. The van der Waals surface area contributed by atoms with E-state index in [1.165, 1.54) is 0 Å². The molecule has 1 aromatic carbocycles. The second-order valence-electron chi connectivity index (χ2n) is 5.62. The highest BCUT2D eigenvalue weighted by Gasteiger charge is 2.29. The molecule has 1 amide bonds. The van der Waals surface area contributed by atoms with Gasteiger partial charge in [0, 0.05) is 19.3 Å². The largest absolute Gasteiger partial charge is 0.354 e. The fourth-order valence-electron chi connectivity index (χ4n) is 2.85. The van der Waals surface area contributed by atoms with Crippen LogP contribution in [0.2, 0.25) is 0 Å². The van der Waals surface area contributed by atoms with Crippen molar-refractivity contribution in [1.82, 2.24) is 20.2 Å². The molecule has 3 aromatic rings. The topological polar surface area (TPSA) is 86.8 Å². The summed E-state index contributed by atoms with van der Waals surface area (Å²) in [6.45, 7) is 1.45. The molecule has 7 nitrogen and oxygen atoms in total. The summed E-state index contributed by atoms with van der Waals surface area (Å²) in [5.74, 6) is 0.781. The molecule has 116 valence electrons. The molecule has 1 saturated heterocycles. The highest BCUT2D eigenvalue weighted by atomic mass is 16.2. The van der Waals surface area contributed by atoms with Gasteiger partial charge in [-0.15, -0.1) is 0 Å². The predicted octanol–water partition coefficient (Wildman–Crippen LogP) is 1.82. The number of fused-ring (bicyclic) bond motifs is 1. The van der Waals surface area contributed by atoms with Gasteiger partial charge in [-0.1, -0.05) is 12.1 Å². The smallest absolute Gasteiger partial charge is 0.229 e. The Morgan fingerprint density at radius 3 is 2.96 bits per heavy atom. The molecule has 0 unspecified atom stereocenters. The van der Waals surface area contributed by atoms with Gasteiger partial charge >= 0.3 is 0 Å². The third-order valence-electron chi connectivity index (χ3n) is 4.08. The van der Waals surface area contributed by atoms with Crippen LogP contribution in [0, 0.1) is 5.92 Å². The first kappa shape index (κ1) is 13.7. The zero-order valence-corrected chi connectivity index (χ0v) is 12.4. The maximum atomic E-state index is 12.3. The Labute approximate surface area is 132 Å². The number of hydrogen-bond acceptors (Lipinski definition) is 5. The number of carbonyl (C=O) groups is 1. The molecule has 0 aliphatic carbocycles. The molecule has 2 aromatic heterocycles. The highest BCUT2D eigenvalue weighted by molar-refractivity contribution is 5.93. The van der Waals surface area contributed by atoms with Crippen LogP contribution in [-0.2, 0) is 4.79 Å². The highest BCUT2D eigenvalue weighted by Crippen LogP contribution is 2.24. The lowest BCUT2D eigenvalue weighted by Crippen LogP contribution is -2.27. The third-order valence-corrected chi connectivity index (χ3v) is 4.08. The first-order valence-corrected chi connectivity index (χ1v) is 7.56. The van der Waals surface area contributed by atoms with E-state index in [9.17, 15) is 4.79 Å². The SMILES string of the molecule is O=C(Nc1cn[nH]c1)[C@H]1CCN(c2cnc3ccccc3n2)C1. The summed E-state index contributed by atoms with van der Waals surface area (Å²) in [7, 11) is 0. The molecule has 2 N–H and O–H groups in total. The number of hydrogen-bond donors (Lipinski definition) is 2. The van der Waals surface area contributed by atoms with E-state index in [4.69, 9.17) is 0 Å². The lowest BCUT2D eigenvalue weighted by molar-refractivity contribution is -0.119. The van der Waals surface area contributed by atoms with Crippen molar-refractivity contribution in [3.05, 3.63) is 42.9 Å². The fraction of sp³-hybridized carbons (Fsp3) is 0.250. The van der Waals surface area contributed by atoms with Gasteiger partial charge in [-0.2, -0.15) is 5.10 Å². The van der Waals surface area contributed by atoms with Crippen molar-refractivity contribution in [3.63, 3.8) is 0 Å². The summed E-state index contributed by atoms with van der Waals surface area (Å²) >= 11 is 0. The van der Waals surface area contributed by atoms with Gasteiger partial charge in [-0.3, -0.25) is 14.9 Å². The Bertz CT molecular complexity index is 831. The Morgan fingerprint density at radius 1 is 1.26 bits per heavy atom. The first-order valence-electron chi connectivity index (χ1n) is 7.56. The van der Waals surface area contributed by atoms with Crippen LogP contribution in [-0.4, -0.2) is 39.2 Å². The van der Waals surface area contributed by atoms with Crippen molar-refractivity contribution in [2.75, 3.05) is 23.3 Å². The minimum atomic E-state index is -0.0572. The Balaban J connectivity index is 1.47. The molecule has 1 atom stereocenters. The number of para-hydroxylation sites is 2. The van der Waals surface area contributed by atoms with Gasteiger partial charge in [-0.05, 0) is 18.6 Å². The number of aromatic nitrogens is 4. The summed E-state index contributed by atoms with van der Waals surface area (Å²) in [6, 6.07) is 7.79. The molecule has 1 aliphatic heterocycles. The molecule has 7 heteroatoms. The molecular formula is C16H16N6O. The van der Waals surface area contributed by atoms with Crippen LogP contribution in [0.25, 0.3) is 11.0 Å². The Hall–Kier alpha value is -2.96. The van der Waals surface area contributed by atoms with Gasteiger partial charge in [0.1, 0.15) is 5.82 Å². The quantitative estimate of drug-likeness (QED) is 0.770. The number of amides is 1. The molecule has 1 fully saturated rings. The zero-order valence-electron chi connectivity index (χ0n) is 12.4. The number of nitrogens with one attached hydrogen (secondary N) is 2. The van der Waals surface area contributed by atoms with Crippen LogP contribution in [0.4, 0.5) is 11.5 Å². The second-order valence-corrected chi connectivity index (χ2v) is 5.62. The first-order chi connectivity index (χ1) is 11.3. The molecule has 0 radical (unpaired) electrons. The van der Waals surface area contributed by atoms with Crippen LogP contribution in [0.5, 0.6) is 0 Å². The van der Waals surface area contributed by atoms with Gasteiger partial charge in [0.25, 0.3) is 0 Å². The van der Waals surface area contributed by atoms with Gasteiger partial charge in [0.05, 0.1) is 35.0 Å². The lowest BCUT2D eigenvalue weighted by Gasteiger charge is -2.17. The molecule has 3 heterocycles. The molecule has 0 bridgehead atoms. The van der Waals surface area contributed by atoms with Crippen molar-refractivity contribution >= 4 is 28.4 Å². The van der Waals surface area contributed by atoms with Crippen molar-refractivity contribution < 1.29 is 4.79 Å². The Morgan fingerprint density at radius 2 is 2.13 bits per heavy atom. The number of rotatable bonds is 3. The summed E-state index contributed by atoms with van der Waals surface area (Å²) in [6.07, 6.45) is 5.84. The number of benzene rings is 1. The van der Waals surface area contributed by atoms with Crippen LogP contribution >= 0.6 is 0 Å². The normalized spacial score (nSPS) is 17.6. The number of H-pyrrole nitrogens is 1. The molecule has 1 aliphatic rings. The Kier molecular flexibility index (Phi) is 3.38. The number of carbonyl (C=O) groups excluding carboxylic acids is 1. The average molecular weight is 308 g/mol. The van der Waals surface area contributed by atoms with Crippen molar-refractivity contribution in [3.8, 4) is 0 Å². The van der Waals surface area contributed by atoms with E-state index >= 15 is 0 Å².